The number of benzene rings is 1. The summed E-state index contributed by atoms with van der Waals surface area (Å²) in [6.45, 7) is 5.19. The third-order valence-corrected chi connectivity index (χ3v) is 2.43. The summed E-state index contributed by atoms with van der Waals surface area (Å²) in [5, 5.41) is 3.32. The van der Waals surface area contributed by atoms with Crippen LogP contribution in [0.5, 0.6) is 5.75 Å². The summed E-state index contributed by atoms with van der Waals surface area (Å²) in [4.78, 5) is 0. The minimum Gasteiger partial charge on any atom is -0.497 e. The highest BCUT2D eigenvalue weighted by Gasteiger charge is 2.04. The number of nitrogens with one attached hydrogen (secondary N) is 1. The summed E-state index contributed by atoms with van der Waals surface area (Å²) in [7, 11) is 1.67. The molecule has 0 aliphatic heterocycles. The van der Waals surface area contributed by atoms with E-state index in [9.17, 15) is 0 Å². The maximum Gasteiger partial charge on any atom is 0.119 e. The molecule has 0 aromatic heterocycles. The van der Waals surface area contributed by atoms with Gasteiger partial charge in [-0.25, -0.2) is 0 Å². The number of methoxy groups -OCH3 is 1. The Morgan fingerprint density at radius 1 is 1.25 bits per heavy atom. The zero-order chi connectivity index (χ0) is 12.0. The molecule has 0 radical (unpaired) electrons. The van der Waals surface area contributed by atoms with Crippen molar-refractivity contribution in [3.8, 4) is 5.75 Å². The average molecular weight is 222 g/mol. The maximum atomic E-state index is 5.99. The van der Waals surface area contributed by atoms with Gasteiger partial charge in [-0.1, -0.05) is 13.8 Å². The predicted octanol–water partition coefficient (Wildman–Crippen LogP) is 2.48. The first-order valence-electron chi connectivity index (χ1n) is 5.75. The molecule has 0 bridgehead atoms. The van der Waals surface area contributed by atoms with E-state index < -0.39 is 0 Å². The van der Waals surface area contributed by atoms with Gasteiger partial charge in [0.05, 0.1) is 7.11 Å². The number of hydrogen-bond acceptors (Lipinski definition) is 3. The van der Waals surface area contributed by atoms with Crippen LogP contribution in [0.1, 0.15) is 20.3 Å². The van der Waals surface area contributed by atoms with Gasteiger partial charge in [0.25, 0.3) is 0 Å². The first kappa shape index (κ1) is 12.8. The first-order valence-corrected chi connectivity index (χ1v) is 5.75. The third-order valence-electron chi connectivity index (χ3n) is 2.43. The van der Waals surface area contributed by atoms with Gasteiger partial charge in [-0.2, -0.15) is 0 Å². The lowest BCUT2D eigenvalue weighted by Gasteiger charge is -2.15. The number of hydrogen-bond donors (Lipinski definition) is 2. The second kappa shape index (κ2) is 6.38. The van der Waals surface area contributed by atoms with E-state index in [0.29, 0.717) is 5.92 Å². The smallest absolute Gasteiger partial charge is 0.119 e. The van der Waals surface area contributed by atoms with Gasteiger partial charge in [-0.3, -0.25) is 0 Å². The Kier molecular flexibility index (Phi) is 5.12. The Morgan fingerprint density at radius 3 is 2.38 bits per heavy atom. The van der Waals surface area contributed by atoms with Crippen LogP contribution in [0.25, 0.3) is 0 Å². The molecule has 1 atom stereocenters. The molecular formula is C13H22N2O. The minimum atomic E-state index is 0.210. The zero-order valence-corrected chi connectivity index (χ0v) is 10.4. The van der Waals surface area contributed by atoms with Crippen LogP contribution in [0.4, 0.5) is 5.69 Å². The van der Waals surface area contributed by atoms with E-state index in [-0.39, 0.29) is 6.04 Å². The fourth-order valence-corrected chi connectivity index (χ4v) is 1.65. The molecule has 0 saturated carbocycles. The highest BCUT2D eigenvalue weighted by molar-refractivity contribution is 5.46. The van der Waals surface area contributed by atoms with Crippen LogP contribution < -0.4 is 15.8 Å². The van der Waals surface area contributed by atoms with E-state index in [1.54, 1.807) is 7.11 Å². The second-order valence-electron chi connectivity index (χ2n) is 4.50. The van der Waals surface area contributed by atoms with Crippen molar-refractivity contribution in [2.24, 2.45) is 11.7 Å². The number of rotatable bonds is 6. The Balaban J connectivity index is 2.36. The standard InChI is InChI=1S/C13H22N2O/c1-10(2)8-11(14)9-15-12-4-6-13(16-3)7-5-12/h4-7,10-11,15H,8-9,14H2,1-3H3. The van der Waals surface area contributed by atoms with Gasteiger partial charge in [0.2, 0.25) is 0 Å². The second-order valence-corrected chi connectivity index (χ2v) is 4.50. The first-order chi connectivity index (χ1) is 7.61. The third kappa shape index (κ3) is 4.53. The topological polar surface area (TPSA) is 47.3 Å². The van der Waals surface area contributed by atoms with Crippen molar-refractivity contribution in [1.82, 2.24) is 0 Å². The van der Waals surface area contributed by atoms with Crippen LogP contribution >= 0.6 is 0 Å². The van der Waals surface area contributed by atoms with E-state index in [1.165, 1.54) is 0 Å². The van der Waals surface area contributed by atoms with Gasteiger partial charge in [-0.05, 0) is 36.6 Å². The summed E-state index contributed by atoms with van der Waals surface area (Å²) in [6.07, 6.45) is 1.04. The van der Waals surface area contributed by atoms with E-state index >= 15 is 0 Å². The molecule has 0 spiro atoms. The minimum absolute atomic E-state index is 0.210. The Morgan fingerprint density at radius 2 is 1.88 bits per heavy atom. The fourth-order valence-electron chi connectivity index (χ4n) is 1.65. The summed E-state index contributed by atoms with van der Waals surface area (Å²) in [5.74, 6) is 1.52. The molecule has 3 heteroatoms. The van der Waals surface area contributed by atoms with E-state index in [2.05, 4.69) is 19.2 Å². The number of ether oxygens (including phenoxy) is 1. The molecule has 16 heavy (non-hydrogen) atoms. The lowest BCUT2D eigenvalue weighted by Crippen LogP contribution is -2.30. The van der Waals surface area contributed by atoms with Crippen molar-refractivity contribution in [3.63, 3.8) is 0 Å². The van der Waals surface area contributed by atoms with Crippen LogP contribution in [0.3, 0.4) is 0 Å². The molecule has 90 valence electrons. The summed E-state index contributed by atoms with van der Waals surface area (Å²) >= 11 is 0. The van der Waals surface area contributed by atoms with Crippen molar-refractivity contribution in [2.45, 2.75) is 26.3 Å². The molecule has 0 aliphatic carbocycles. The quantitative estimate of drug-likeness (QED) is 0.777. The zero-order valence-electron chi connectivity index (χ0n) is 10.4. The maximum absolute atomic E-state index is 5.99. The van der Waals surface area contributed by atoms with Gasteiger partial charge in [0.1, 0.15) is 5.75 Å². The van der Waals surface area contributed by atoms with Crippen molar-refractivity contribution < 1.29 is 4.74 Å². The summed E-state index contributed by atoms with van der Waals surface area (Å²) in [6, 6.07) is 8.09. The van der Waals surface area contributed by atoms with Gasteiger partial charge in [-0.15, -0.1) is 0 Å². The number of nitrogens with two attached hydrogens (primary N) is 1. The molecule has 1 aromatic rings. The van der Waals surface area contributed by atoms with E-state index in [4.69, 9.17) is 10.5 Å². The van der Waals surface area contributed by atoms with Crippen molar-refractivity contribution in [3.05, 3.63) is 24.3 Å². The van der Waals surface area contributed by atoms with Crippen molar-refractivity contribution >= 4 is 5.69 Å². The SMILES string of the molecule is COc1ccc(NCC(N)CC(C)C)cc1. The molecule has 1 aromatic carbocycles. The highest BCUT2D eigenvalue weighted by Crippen LogP contribution is 2.15. The van der Waals surface area contributed by atoms with Crippen LogP contribution in [0.15, 0.2) is 24.3 Å². The largest absolute Gasteiger partial charge is 0.497 e. The number of anilines is 1. The molecule has 0 fully saturated rings. The molecule has 1 unspecified atom stereocenters. The van der Waals surface area contributed by atoms with Gasteiger partial charge < -0.3 is 15.8 Å². The molecule has 0 heterocycles. The monoisotopic (exact) mass is 222 g/mol. The molecular weight excluding hydrogens is 200 g/mol. The molecule has 0 aliphatic rings. The highest BCUT2D eigenvalue weighted by atomic mass is 16.5. The average Bonchev–Trinajstić information content (AvgIpc) is 2.26. The summed E-state index contributed by atoms with van der Waals surface area (Å²) < 4.78 is 5.09. The lowest BCUT2D eigenvalue weighted by molar-refractivity contribution is 0.415. The normalized spacial score (nSPS) is 12.6. The molecule has 3 nitrogen and oxygen atoms in total. The van der Waals surface area contributed by atoms with Crippen LogP contribution in [0.2, 0.25) is 0 Å². The summed E-state index contributed by atoms with van der Waals surface area (Å²) in [5.41, 5.74) is 7.07. The fraction of sp³-hybridized carbons (Fsp3) is 0.538. The van der Waals surface area contributed by atoms with Crippen LogP contribution in [-0.4, -0.2) is 19.7 Å². The van der Waals surface area contributed by atoms with Crippen molar-refractivity contribution in [2.75, 3.05) is 19.0 Å². The molecule has 0 saturated heterocycles. The Hall–Kier alpha value is -1.22. The lowest BCUT2D eigenvalue weighted by atomic mass is 10.0. The van der Waals surface area contributed by atoms with Gasteiger partial charge in [0, 0.05) is 18.3 Å². The van der Waals surface area contributed by atoms with Gasteiger partial charge >= 0.3 is 0 Å². The van der Waals surface area contributed by atoms with Crippen molar-refractivity contribution in [1.29, 1.82) is 0 Å². The molecule has 1 rings (SSSR count). The van der Waals surface area contributed by atoms with E-state index in [1.807, 2.05) is 24.3 Å². The van der Waals surface area contributed by atoms with Crippen LogP contribution in [-0.2, 0) is 0 Å². The molecule has 0 amide bonds. The van der Waals surface area contributed by atoms with Gasteiger partial charge in [0.15, 0.2) is 0 Å². The Bertz CT molecular complexity index is 295. The Labute approximate surface area is 98.0 Å². The predicted molar refractivity (Wildman–Crippen MR) is 68.9 cm³/mol. The van der Waals surface area contributed by atoms with E-state index in [0.717, 1.165) is 24.4 Å². The molecule has 3 N–H and O–H groups in total. The van der Waals surface area contributed by atoms with Crippen LogP contribution in [0, 0.1) is 5.92 Å².